The molecule has 0 heterocycles. The first-order valence-electron chi connectivity index (χ1n) is 20.4. The zero-order valence-corrected chi connectivity index (χ0v) is 36.8. The number of rotatable bonds is 13. The van der Waals surface area contributed by atoms with Gasteiger partial charge in [0, 0.05) is 0 Å². The third-order valence-corrected chi connectivity index (χ3v) is 11.1. The van der Waals surface area contributed by atoms with E-state index in [4.69, 9.17) is 0 Å². The summed E-state index contributed by atoms with van der Waals surface area (Å²) in [6.07, 6.45) is 18.0. The normalized spacial score (nSPS) is 11.0. The summed E-state index contributed by atoms with van der Waals surface area (Å²) in [5.41, 5.74) is 6.25. The Morgan fingerprint density at radius 3 is 0.957 bits per heavy atom. The zero-order chi connectivity index (χ0) is 37.4. The van der Waals surface area contributed by atoms with Crippen LogP contribution < -0.4 is 0 Å². The predicted octanol–water partition coefficient (Wildman–Crippen LogP) is 17.1. The molecular weight excluding hydrogens is 553 g/mol. The molecule has 0 heteroatoms. The van der Waals surface area contributed by atoms with Crippen LogP contribution in [-0.4, -0.2) is 0 Å². The molecule has 0 N–H and O–H groups in total. The third kappa shape index (κ3) is 36.1. The van der Waals surface area contributed by atoms with Crippen molar-refractivity contribution in [1.82, 2.24) is 0 Å². The smallest absolute Gasteiger partial charge is 0.0305 e. The fourth-order valence-corrected chi connectivity index (χ4v) is 3.73. The van der Waals surface area contributed by atoms with Crippen molar-refractivity contribution in [2.75, 3.05) is 0 Å². The second kappa shape index (κ2) is 34.1. The van der Waals surface area contributed by atoms with Crippen molar-refractivity contribution in [3.8, 4) is 0 Å². The van der Waals surface area contributed by atoms with E-state index in [-0.39, 0.29) is 0 Å². The minimum absolute atomic E-state index is 0.542. The molecular formula is C46H96. The summed E-state index contributed by atoms with van der Waals surface area (Å²) in [5.74, 6) is 1.92. The standard InChI is InChI=1S/C12H18.C8H18.2C7H16.2C6H14/c1-4-10-7-8-11(5-2)12(6-3)9-10;1-5-8(4,6-2)7-3;1-5-7(3,4)6-2;1-4-7(5-2)6-3;1-5-6(2,3)4;1-4-6(3)5-2/h7-9H,4-6H2,1-3H3;5-7H2,1-4H3;5-6H2,1-4H3;7H,4-6H2,1-3H3;5H2,1-4H3;6H,4-5H2,1-3H3. The van der Waals surface area contributed by atoms with Gasteiger partial charge in [-0.3, -0.25) is 0 Å². The average Bonchev–Trinajstić information content (AvgIpc) is 3.08. The Morgan fingerprint density at radius 1 is 0.457 bits per heavy atom. The lowest BCUT2D eigenvalue weighted by atomic mass is 9.82. The Morgan fingerprint density at radius 2 is 0.826 bits per heavy atom. The highest BCUT2D eigenvalue weighted by Crippen LogP contribution is 2.28. The first-order chi connectivity index (χ1) is 21.3. The van der Waals surface area contributed by atoms with Crippen LogP contribution in [0.25, 0.3) is 0 Å². The van der Waals surface area contributed by atoms with E-state index in [2.05, 4.69) is 164 Å². The van der Waals surface area contributed by atoms with Crippen LogP contribution in [0.5, 0.6) is 0 Å². The molecule has 0 spiro atoms. The van der Waals surface area contributed by atoms with Crippen LogP contribution in [0.2, 0.25) is 0 Å². The quantitative estimate of drug-likeness (QED) is 0.200. The van der Waals surface area contributed by atoms with Gasteiger partial charge in [0.05, 0.1) is 0 Å². The molecule has 46 heavy (non-hydrogen) atoms. The Bertz CT molecular complexity index is 684. The zero-order valence-electron chi connectivity index (χ0n) is 36.8. The highest BCUT2D eigenvalue weighted by molar-refractivity contribution is 5.32. The van der Waals surface area contributed by atoms with Crippen LogP contribution >= 0.6 is 0 Å². The molecule has 0 amide bonds. The summed E-state index contributed by atoms with van der Waals surface area (Å²) in [4.78, 5) is 0. The molecule has 1 aromatic rings. The SMILES string of the molecule is CCC(C)(C)C.CCC(C)(C)CC.CCC(C)(CC)CC.CCC(C)CC.CCC(CC)CC.CCc1ccc(CC)c(CC)c1. The molecule has 0 aromatic heterocycles. The average molecular weight is 649 g/mol. The first-order valence-corrected chi connectivity index (χ1v) is 20.4. The summed E-state index contributed by atoms with van der Waals surface area (Å²) >= 11 is 0. The van der Waals surface area contributed by atoms with Crippen molar-refractivity contribution in [2.45, 2.75) is 235 Å². The Balaban J connectivity index is -0.000000150. The third-order valence-electron chi connectivity index (χ3n) is 11.1. The van der Waals surface area contributed by atoms with Gasteiger partial charge in [-0.2, -0.15) is 0 Å². The fraction of sp³-hybridized carbons (Fsp3) is 0.870. The van der Waals surface area contributed by atoms with E-state index in [1.807, 2.05) is 0 Å². The van der Waals surface area contributed by atoms with E-state index in [9.17, 15) is 0 Å². The topological polar surface area (TPSA) is 0 Å². The van der Waals surface area contributed by atoms with Crippen LogP contribution in [0.3, 0.4) is 0 Å². The molecule has 0 nitrogen and oxygen atoms in total. The molecule has 0 unspecified atom stereocenters. The maximum atomic E-state index is 2.35. The van der Waals surface area contributed by atoms with Gasteiger partial charge in [0.25, 0.3) is 0 Å². The maximum absolute atomic E-state index is 2.35. The molecule has 1 rings (SSSR count). The minimum atomic E-state index is 0.542. The van der Waals surface area contributed by atoms with Crippen molar-refractivity contribution in [3.05, 3.63) is 34.9 Å². The highest BCUT2D eigenvalue weighted by atomic mass is 14.2. The van der Waals surface area contributed by atoms with Gasteiger partial charge in [-0.1, -0.05) is 234 Å². The summed E-state index contributed by atoms with van der Waals surface area (Å²) in [5, 5.41) is 0. The predicted molar refractivity (Wildman–Crippen MR) is 222 cm³/mol. The number of aryl methyl sites for hydroxylation is 3. The van der Waals surface area contributed by atoms with Crippen molar-refractivity contribution >= 4 is 0 Å². The monoisotopic (exact) mass is 649 g/mol. The molecule has 1 aromatic carbocycles. The van der Waals surface area contributed by atoms with Crippen LogP contribution in [-0.2, 0) is 19.3 Å². The molecule has 0 saturated heterocycles. The summed E-state index contributed by atoms with van der Waals surface area (Å²) in [7, 11) is 0. The highest BCUT2D eigenvalue weighted by Gasteiger charge is 2.15. The lowest BCUT2D eigenvalue weighted by Gasteiger charge is -2.23. The molecule has 0 fully saturated rings. The molecule has 0 atom stereocenters. The summed E-state index contributed by atoms with van der Waals surface area (Å²) in [6, 6.07) is 6.87. The maximum Gasteiger partial charge on any atom is -0.0305 e. The molecule has 0 bridgehead atoms. The van der Waals surface area contributed by atoms with Crippen LogP contribution in [0.1, 0.15) is 233 Å². The molecule has 0 aliphatic carbocycles. The lowest BCUT2D eigenvalue weighted by molar-refractivity contribution is 0.286. The van der Waals surface area contributed by atoms with Gasteiger partial charge < -0.3 is 0 Å². The Kier molecular flexibility index (Phi) is 40.5. The van der Waals surface area contributed by atoms with Crippen molar-refractivity contribution < 1.29 is 0 Å². The lowest BCUT2D eigenvalue weighted by Crippen LogP contribution is -2.10. The number of benzene rings is 1. The number of hydrogen-bond donors (Lipinski definition) is 0. The number of hydrogen-bond acceptors (Lipinski definition) is 0. The van der Waals surface area contributed by atoms with Crippen LogP contribution in [0, 0.1) is 28.1 Å². The molecule has 280 valence electrons. The van der Waals surface area contributed by atoms with E-state index in [1.165, 1.54) is 87.3 Å². The summed E-state index contributed by atoms with van der Waals surface area (Å²) in [6.45, 7) is 47.4. The van der Waals surface area contributed by atoms with Gasteiger partial charge >= 0.3 is 0 Å². The van der Waals surface area contributed by atoms with Crippen LogP contribution in [0.4, 0.5) is 0 Å². The van der Waals surface area contributed by atoms with Gasteiger partial charge in [-0.05, 0) is 64.0 Å². The van der Waals surface area contributed by atoms with E-state index < -0.39 is 0 Å². The van der Waals surface area contributed by atoms with Crippen LogP contribution in [0.15, 0.2) is 18.2 Å². The van der Waals surface area contributed by atoms with E-state index in [0.717, 1.165) is 31.1 Å². The van der Waals surface area contributed by atoms with E-state index >= 15 is 0 Å². The largest absolute Gasteiger partial charge is 0.0651 e. The second-order valence-corrected chi connectivity index (χ2v) is 15.8. The van der Waals surface area contributed by atoms with Crippen molar-refractivity contribution in [3.63, 3.8) is 0 Å². The second-order valence-electron chi connectivity index (χ2n) is 15.8. The van der Waals surface area contributed by atoms with Gasteiger partial charge in [-0.15, -0.1) is 0 Å². The van der Waals surface area contributed by atoms with E-state index in [1.54, 1.807) is 0 Å². The van der Waals surface area contributed by atoms with Gasteiger partial charge in [0.2, 0.25) is 0 Å². The van der Waals surface area contributed by atoms with Gasteiger partial charge in [0.15, 0.2) is 0 Å². The summed E-state index contributed by atoms with van der Waals surface area (Å²) < 4.78 is 0. The molecule has 0 aliphatic heterocycles. The Labute approximate surface area is 297 Å². The Hall–Kier alpha value is -0.780. The molecule has 0 saturated carbocycles. The van der Waals surface area contributed by atoms with Gasteiger partial charge in [0.1, 0.15) is 0 Å². The fourth-order valence-electron chi connectivity index (χ4n) is 3.73. The first kappa shape index (κ1) is 54.7. The van der Waals surface area contributed by atoms with Crippen molar-refractivity contribution in [1.29, 1.82) is 0 Å². The van der Waals surface area contributed by atoms with Gasteiger partial charge in [-0.25, -0.2) is 0 Å². The minimum Gasteiger partial charge on any atom is -0.0651 e. The molecule has 0 radical (unpaired) electrons. The van der Waals surface area contributed by atoms with Crippen molar-refractivity contribution in [2.24, 2.45) is 28.1 Å². The van der Waals surface area contributed by atoms with E-state index in [0.29, 0.717) is 16.2 Å². The molecule has 0 aliphatic rings.